The van der Waals surface area contributed by atoms with Crippen LogP contribution in [-0.4, -0.2) is 17.0 Å². The molecule has 1 aromatic carbocycles. The van der Waals surface area contributed by atoms with Gasteiger partial charge >= 0.3 is 5.97 Å². The minimum absolute atomic E-state index is 0.0111. The first-order valence-electron chi connectivity index (χ1n) is 5.00. The van der Waals surface area contributed by atoms with Gasteiger partial charge in [-0.1, -0.05) is 12.1 Å². The maximum atomic E-state index is 11.7. The van der Waals surface area contributed by atoms with Crippen LogP contribution in [0.3, 0.4) is 0 Å². The van der Waals surface area contributed by atoms with Gasteiger partial charge in [-0.25, -0.2) is 4.79 Å². The number of benzene rings is 1. The van der Waals surface area contributed by atoms with E-state index in [1.54, 1.807) is 24.3 Å². The van der Waals surface area contributed by atoms with E-state index in [4.69, 9.17) is 10.8 Å². The van der Waals surface area contributed by atoms with Gasteiger partial charge in [0.2, 0.25) is 0 Å². The number of amides is 1. The predicted molar refractivity (Wildman–Crippen MR) is 65.5 cm³/mol. The summed E-state index contributed by atoms with van der Waals surface area (Å²) in [5.74, 6) is -1.58. The molecule has 90 valence electrons. The molecule has 0 saturated carbocycles. The van der Waals surface area contributed by atoms with E-state index >= 15 is 0 Å². The first kappa shape index (κ1) is 12.8. The fourth-order valence-electron chi connectivity index (χ4n) is 1.16. The molecule has 0 aliphatic carbocycles. The molecule has 0 spiro atoms. The Balaban J connectivity index is 2.91. The van der Waals surface area contributed by atoms with Crippen LogP contribution in [0.15, 0.2) is 35.4 Å². The van der Waals surface area contributed by atoms with Gasteiger partial charge in [-0.15, -0.1) is 0 Å². The lowest BCUT2D eigenvalue weighted by Crippen LogP contribution is -2.17. The van der Waals surface area contributed by atoms with Crippen molar-refractivity contribution in [2.45, 2.75) is 13.8 Å². The highest BCUT2D eigenvalue weighted by molar-refractivity contribution is 6.09. The van der Waals surface area contributed by atoms with Gasteiger partial charge in [0.05, 0.1) is 11.4 Å². The van der Waals surface area contributed by atoms with Crippen molar-refractivity contribution in [3.05, 3.63) is 35.4 Å². The number of aliphatic carboxylic acids is 1. The normalized spacial score (nSPS) is 11.6. The Bertz CT molecular complexity index is 492. The van der Waals surface area contributed by atoms with Gasteiger partial charge in [-0.3, -0.25) is 4.79 Å². The summed E-state index contributed by atoms with van der Waals surface area (Å²) in [7, 11) is 0. The number of carbonyl (C=O) groups excluding carboxylic acids is 1. The standard InChI is InChI=1S/C12H14N2O3/c1-7(8(2)12(16)17)11(15)14-10-6-4-3-5-9(10)13/h3-6H,13H2,1-2H3,(H,14,15)(H,16,17). The smallest absolute Gasteiger partial charge is 0.331 e. The Kier molecular flexibility index (Phi) is 3.87. The second kappa shape index (κ2) is 5.16. The number of nitrogens with one attached hydrogen (secondary N) is 1. The lowest BCUT2D eigenvalue weighted by Gasteiger charge is -2.08. The molecule has 0 aliphatic heterocycles. The van der Waals surface area contributed by atoms with E-state index in [0.29, 0.717) is 11.4 Å². The molecule has 1 rings (SSSR count). The van der Waals surface area contributed by atoms with Crippen LogP contribution in [0.2, 0.25) is 0 Å². The van der Waals surface area contributed by atoms with Crippen molar-refractivity contribution < 1.29 is 14.7 Å². The third kappa shape index (κ3) is 3.07. The van der Waals surface area contributed by atoms with Gasteiger partial charge < -0.3 is 16.2 Å². The van der Waals surface area contributed by atoms with Crippen LogP contribution in [0.5, 0.6) is 0 Å². The van der Waals surface area contributed by atoms with Crippen LogP contribution in [0.25, 0.3) is 0 Å². The summed E-state index contributed by atoms with van der Waals surface area (Å²) in [5, 5.41) is 11.3. The zero-order chi connectivity index (χ0) is 13.0. The summed E-state index contributed by atoms with van der Waals surface area (Å²) < 4.78 is 0. The summed E-state index contributed by atoms with van der Waals surface area (Å²) in [6, 6.07) is 6.78. The summed E-state index contributed by atoms with van der Waals surface area (Å²) in [6.45, 7) is 2.84. The van der Waals surface area contributed by atoms with Crippen LogP contribution in [0, 0.1) is 0 Å². The van der Waals surface area contributed by atoms with Gasteiger partial charge in [-0.2, -0.15) is 0 Å². The predicted octanol–water partition coefficient (Wildman–Crippen LogP) is 1.63. The molecule has 0 bridgehead atoms. The number of rotatable bonds is 3. The van der Waals surface area contributed by atoms with Gasteiger partial charge in [0.15, 0.2) is 0 Å². The molecule has 0 heterocycles. The highest BCUT2D eigenvalue weighted by atomic mass is 16.4. The Labute approximate surface area is 98.9 Å². The highest BCUT2D eigenvalue weighted by Gasteiger charge is 2.13. The summed E-state index contributed by atoms with van der Waals surface area (Å²) in [6.07, 6.45) is 0. The van der Waals surface area contributed by atoms with E-state index in [-0.39, 0.29) is 11.1 Å². The lowest BCUT2D eigenvalue weighted by molar-refractivity contribution is -0.133. The van der Waals surface area contributed by atoms with E-state index in [0.717, 1.165) is 0 Å². The Morgan fingerprint density at radius 3 is 2.29 bits per heavy atom. The van der Waals surface area contributed by atoms with Gasteiger partial charge in [0.1, 0.15) is 0 Å². The largest absolute Gasteiger partial charge is 0.478 e. The van der Waals surface area contributed by atoms with E-state index in [1.807, 2.05) is 0 Å². The van der Waals surface area contributed by atoms with Crippen LogP contribution >= 0.6 is 0 Å². The Morgan fingerprint density at radius 2 is 1.76 bits per heavy atom. The molecule has 0 atom stereocenters. The summed E-state index contributed by atoms with van der Waals surface area (Å²) in [4.78, 5) is 22.4. The average molecular weight is 234 g/mol. The van der Waals surface area contributed by atoms with E-state index in [1.165, 1.54) is 13.8 Å². The minimum atomic E-state index is -1.11. The zero-order valence-electron chi connectivity index (χ0n) is 9.65. The molecule has 1 amide bonds. The van der Waals surface area contributed by atoms with Gasteiger partial charge in [-0.05, 0) is 26.0 Å². The van der Waals surface area contributed by atoms with Crippen molar-refractivity contribution in [1.82, 2.24) is 0 Å². The molecule has 0 radical (unpaired) electrons. The number of para-hydroxylation sites is 2. The first-order chi connectivity index (χ1) is 7.93. The Hall–Kier alpha value is -2.30. The molecule has 0 saturated heterocycles. The number of nitrogens with two attached hydrogens (primary N) is 1. The fraction of sp³-hybridized carbons (Fsp3) is 0.167. The van der Waals surface area contributed by atoms with Crippen molar-refractivity contribution in [2.75, 3.05) is 11.1 Å². The van der Waals surface area contributed by atoms with Crippen LogP contribution in [-0.2, 0) is 9.59 Å². The van der Waals surface area contributed by atoms with Crippen LogP contribution in [0.4, 0.5) is 11.4 Å². The molecular formula is C12H14N2O3. The SMILES string of the molecule is CC(C(=O)O)=C(C)C(=O)Nc1ccccc1N. The molecule has 1 aromatic rings. The Morgan fingerprint density at radius 1 is 1.18 bits per heavy atom. The lowest BCUT2D eigenvalue weighted by atomic mass is 10.1. The van der Waals surface area contributed by atoms with Crippen molar-refractivity contribution in [1.29, 1.82) is 0 Å². The number of carbonyl (C=O) groups is 2. The van der Waals surface area contributed by atoms with E-state index < -0.39 is 11.9 Å². The fourth-order valence-corrected chi connectivity index (χ4v) is 1.16. The van der Waals surface area contributed by atoms with E-state index in [9.17, 15) is 9.59 Å². The number of anilines is 2. The monoisotopic (exact) mass is 234 g/mol. The minimum Gasteiger partial charge on any atom is -0.478 e. The number of carboxylic acid groups (broad SMARTS) is 1. The average Bonchev–Trinajstić information content (AvgIpc) is 2.30. The van der Waals surface area contributed by atoms with Gasteiger partial charge in [0, 0.05) is 11.1 Å². The van der Waals surface area contributed by atoms with E-state index in [2.05, 4.69) is 5.32 Å². The molecule has 4 N–H and O–H groups in total. The molecule has 5 nitrogen and oxygen atoms in total. The van der Waals surface area contributed by atoms with Crippen molar-refractivity contribution in [3.63, 3.8) is 0 Å². The molecular weight excluding hydrogens is 220 g/mol. The second-order valence-corrected chi connectivity index (χ2v) is 3.60. The first-order valence-corrected chi connectivity index (χ1v) is 5.00. The molecule has 0 unspecified atom stereocenters. The molecule has 0 fully saturated rings. The second-order valence-electron chi connectivity index (χ2n) is 3.60. The van der Waals surface area contributed by atoms with Crippen molar-refractivity contribution in [3.8, 4) is 0 Å². The van der Waals surface area contributed by atoms with Crippen LogP contribution in [0.1, 0.15) is 13.8 Å². The quantitative estimate of drug-likeness (QED) is 0.547. The highest BCUT2D eigenvalue weighted by Crippen LogP contribution is 2.18. The number of nitrogen functional groups attached to an aromatic ring is 1. The number of hydrogen-bond acceptors (Lipinski definition) is 3. The molecule has 5 heteroatoms. The summed E-state index contributed by atoms with van der Waals surface area (Å²) >= 11 is 0. The van der Waals surface area contributed by atoms with Crippen molar-refractivity contribution >= 4 is 23.3 Å². The molecule has 0 aliphatic rings. The summed E-state index contributed by atoms with van der Waals surface area (Å²) in [5.41, 5.74) is 6.72. The molecule has 0 aromatic heterocycles. The third-order valence-electron chi connectivity index (χ3n) is 2.43. The topological polar surface area (TPSA) is 92.4 Å². The van der Waals surface area contributed by atoms with Crippen molar-refractivity contribution in [2.24, 2.45) is 0 Å². The maximum absolute atomic E-state index is 11.7. The third-order valence-corrected chi connectivity index (χ3v) is 2.43. The maximum Gasteiger partial charge on any atom is 0.331 e. The zero-order valence-corrected chi connectivity index (χ0v) is 9.65. The van der Waals surface area contributed by atoms with Crippen LogP contribution < -0.4 is 11.1 Å². The van der Waals surface area contributed by atoms with Gasteiger partial charge in [0.25, 0.3) is 5.91 Å². The number of carboxylic acids is 1. The number of hydrogen-bond donors (Lipinski definition) is 3. The molecule has 17 heavy (non-hydrogen) atoms.